The smallest absolute Gasteiger partial charge is 0.163 e. The van der Waals surface area contributed by atoms with Crippen LogP contribution in [0.25, 0.3) is 21.6 Å². The quantitative estimate of drug-likeness (QED) is 0.533. The highest BCUT2D eigenvalue weighted by atomic mass is 32.1. The average molecular weight is 335 g/mol. The van der Waals surface area contributed by atoms with E-state index in [9.17, 15) is 4.39 Å². The van der Waals surface area contributed by atoms with Crippen molar-refractivity contribution in [2.45, 2.75) is 6.92 Å². The summed E-state index contributed by atoms with van der Waals surface area (Å²) in [5.74, 6) is 1.06. The molecule has 5 heteroatoms. The van der Waals surface area contributed by atoms with Crippen molar-refractivity contribution >= 4 is 33.1 Å². The van der Waals surface area contributed by atoms with E-state index in [-0.39, 0.29) is 5.82 Å². The third-order valence-corrected chi connectivity index (χ3v) is 4.58. The number of hydrogen-bond acceptors (Lipinski definition) is 4. The van der Waals surface area contributed by atoms with Gasteiger partial charge in [-0.1, -0.05) is 36.4 Å². The lowest BCUT2D eigenvalue weighted by Gasteiger charge is -2.09. The van der Waals surface area contributed by atoms with E-state index in [4.69, 9.17) is 0 Å². The summed E-state index contributed by atoms with van der Waals surface area (Å²) in [5, 5.41) is 4.17. The molecule has 0 saturated carbocycles. The summed E-state index contributed by atoms with van der Waals surface area (Å²) in [6.45, 7) is 2.04. The van der Waals surface area contributed by atoms with Crippen LogP contribution in [0.15, 0.2) is 60.7 Å². The summed E-state index contributed by atoms with van der Waals surface area (Å²) in [4.78, 5) is 11.4. The SMILES string of the molecule is Cc1cc2c(Nc3cccc(F)c3)nc(-c3ccccc3)nc2s1. The van der Waals surface area contributed by atoms with Crippen molar-refractivity contribution in [2.75, 3.05) is 5.32 Å². The topological polar surface area (TPSA) is 37.8 Å². The van der Waals surface area contributed by atoms with Gasteiger partial charge in [-0.25, -0.2) is 14.4 Å². The number of fused-ring (bicyclic) bond motifs is 1. The summed E-state index contributed by atoms with van der Waals surface area (Å²) in [7, 11) is 0. The third-order valence-electron chi connectivity index (χ3n) is 3.64. The first-order valence-electron chi connectivity index (χ1n) is 7.55. The Kier molecular flexibility index (Phi) is 3.70. The van der Waals surface area contributed by atoms with Gasteiger partial charge in [0.05, 0.1) is 5.39 Å². The number of aryl methyl sites for hydroxylation is 1. The largest absolute Gasteiger partial charge is 0.339 e. The van der Waals surface area contributed by atoms with Gasteiger partial charge in [0.15, 0.2) is 5.82 Å². The Hall–Kier alpha value is -2.79. The van der Waals surface area contributed by atoms with E-state index >= 15 is 0 Å². The van der Waals surface area contributed by atoms with Crippen LogP contribution in [0.1, 0.15) is 4.88 Å². The highest BCUT2D eigenvalue weighted by Crippen LogP contribution is 2.32. The molecule has 0 atom stereocenters. The molecular weight excluding hydrogens is 321 g/mol. The minimum atomic E-state index is -0.282. The molecule has 2 aromatic carbocycles. The summed E-state index contributed by atoms with van der Waals surface area (Å²) >= 11 is 1.62. The molecule has 0 unspecified atom stereocenters. The van der Waals surface area contributed by atoms with Crippen LogP contribution in [-0.4, -0.2) is 9.97 Å². The zero-order chi connectivity index (χ0) is 16.5. The van der Waals surface area contributed by atoms with Crippen LogP contribution < -0.4 is 5.32 Å². The van der Waals surface area contributed by atoms with E-state index in [0.717, 1.165) is 20.7 Å². The molecule has 4 rings (SSSR count). The van der Waals surface area contributed by atoms with Gasteiger partial charge in [-0.2, -0.15) is 0 Å². The Balaban J connectivity index is 1.86. The second-order valence-corrected chi connectivity index (χ2v) is 6.71. The first-order chi connectivity index (χ1) is 11.7. The fourth-order valence-electron chi connectivity index (χ4n) is 2.56. The summed E-state index contributed by atoms with van der Waals surface area (Å²) in [6.07, 6.45) is 0. The predicted molar refractivity (Wildman–Crippen MR) is 97.3 cm³/mol. The lowest BCUT2D eigenvalue weighted by molar-refractivity contribution is 0.628. The molecule has 2 aromatic heterocycles. The maximum absolute atomic E-state index is 13.5. The van der Waals surface area contributed by atoms with Crippen LogP contribution >= 0.6 is 11.3 Å². The molecule has 0 aliphatic heterocycles. The number of thiophene rings is 1. The highest BCUT2D eigenvalue weighted by molar-refractivity contribution is 7.18. The van der Waals surface area contributed by atoms with Gasteiger partial charge in [-0.3, -0.25) is 0 Å². The predicted octanol–water partition coefficient (Wildman–Crippen LogP) is 5.55. The molecule has 0 fully saturated rings. The van der Waals surface area contributed by atoms with Gasteiger partial charge in [0.1, 0.15) is 16.5 Å². The van der Waals surface area contributed by atoms with Gasteiger partial charge in [0.2, 0.25) is 0 Å². The third kappa shape index (κ3) is 2.86. The number of rotatable bonds is 3. The normalized spacial score (nSPS) is 10.9. The molecule has 118 valence electrons. The van der Waals surface area contributed by atoms with Gasteiger partial charge < -0.3 is 5.32 Å². The first kappa shape index (κ1) is 14.8. The second-order valence-electron chi connectivity index (χ2n) is 5.47. The maximum Gasteiger partial charge on any atom is 0.163 e. The molecule has 0 bridgehead atoms. The first-order valence-corrected chi connectivity index (χ1v) is 8.37. The fraction of sp³-hybridized carbons (Fsp3) is 0.0526. The zero-order valence-electron chi connectivity index (χ0n) is 13.0. The van der Waals surface area contributed by atoms with Crippen LogP contribution in [0.4, 0.5) is 15.9 Å². The van der Waals surface area contributed by atoms with Crippen LogP contribution in [0, 0.1) is 12.7 Å². The van der Waals surface area contributed by atoms with Crippen molar-refractivity contribution in [3.8, 4) is 11.4 Å². The van der Waals surface area contributed by atoms with Crippen LogP contribution in [0.5, 0.6) is 0 Å². The van der Waals surface area contributed by atoms with Crippen LogP contribution in [0.2, 0.25) is 0 Å². The molecule has 3 nitrogen and oxygen atoms in total. The lowest BCUT2D eigenvalue weighted by atomic mass is 10.2. The summed E-state index contributed by atoms with van der Waals surface area (Å²) in [5.41, 5.74) is 1.62. The van der Waals surface area contributed by atoms with Crippen LogP contribution in [0.3, 0.4) is 0 Å². The van der Waals surface area contributed by atoms with E-state index in [1.54, 1.807) is 17.4 Å². The summed E-state index contributed by atoms with van der Waals surface area (Å²) in [6, 6.07) is 18.3. The number of benzene rings is 2. The Morgan fingerprint density at radius 1 is 0.958 bits per heavy atom. The monoisotopic (exact) mass is 335 g/mol. The van der Waals surface area contributed by atoms with Crippen LogP contribution in [-0.2, 0) is 0 Å². The van der Waals surface area contributed by atoms with Crippen molar-refractivity contribution in [1.82, 2.24) is 9.97 Å². The van der Waals surface area contributed by atoms with Gasteiger partial charge in [0, 0.05) is 16.1 Å². The Morgan fingerprint density at radius 3 is 2.58 bits per heavy atom. The van der Waals surface area contributed by atoms with Crippen molar-refractivity contribution in [3.63, 3.8) is 0 Å². The lowest BCUT2D eigenvalue weighted by Crippen LogP contribution is -1.98. The highest BCUT2D eigenvalue weighted by Gasteiger charge is 2.12. The molecular formula is C19H14FN3S. The number of aromatic nitrogens is 2. The second kappa shape index (κ2) is 6.02. The van der Waals surface area contributed by atoms with Gasteiger partial charge in [-0.05, 0) is 31.2 Å². The van der Waals surface area contributed by atoms with Crippen molar-refractivity contribution < 1.29 is 4.39 Å². The number of anilines is 2. The minimum Gasteiger partial charge on any atom is -0.339 e. The zero-order valence-corrected chi connectivity index (χ0v) is 13.8. The van der Waals surface area contributed by atoms with E-state index < -0.39 is 0 Å². The van der Waals surface area contributed by atoms with E-state index in [1.165, 1.54) is 12.1 Å². The van der Waals surface area contributed by atoms with Gasteiger partial charge in [-0.15, -0.1) is 11.3 Å². The molecule has 0 amide bonds. The number of nitrogens with one attached hydrogen (secondary N) is 1. The number of halogens is 1. The maximum atomic E-state index is 13.5. The van der Waals surface area contributed by atoms with Crippen molar-refractivity contribution in [2.24, 2.45) is 0 Å². The van der Waals surface area contributed by atoms with E-state index in [1.807, 2.05) is 43.3 Å². The Morgan fingerprint density at radius 2 is 1.79 bits per heavy atom. The van der Waals surface area contributed by atoms with Gasteiger partial charge in [0.25, 0.3) is 0 Å². The Labute approximate surface area is 142 Å². The average Bonchev–Trinajstić information content (AvgIpc) is 2.96. The molecule has 0 radical (unpaired) electrons. The minimum absolute atomic E-state index is 0.282. The van der Waals surface area contributed by atoms with Crippen molar-refractivity contribution in [1.29, 1.82) is 0 Å². The molecule has 0 aliphatic carbocycles. The standard InChI is InChI=1S/C19H14FN3S/c1-12-10-16-18(21-15-9-5-8-14(20)11-15)22-17(23-19(16)24-12)13-6-3-2-4-7-13/h2-11H,1H3,(H,21,22,23). The number of hydrogen-bond donors (Lipinski definition) is 1. The van der Waals surface area contributed by atoms with E-state index in [2.05, 4.69) is 21.4 Å². The molecule has 2 heterocycles. The molecule has 0 aliphatic rings. The Bertz CT molecular complexity index is 1010. The molecule has 0 saturated heterocycles. The van der Waals surface area contributed by atoms with Crippen molar-refractivity contribution in [3.05, 3.63) is 71.4 Å². The summed E-state index contributed by atoms with van der Waals surface area (Å²) < 4.78 is 13.5. The molecule has 1 N–H and O–H groups in total. The fourth-order valence-corrected chi connectivity index (χ4v) is 3.44. The molecule has 24 heavy (non-hydrogen) atoms. The number of nitrogens with zero attached hydrogens (tertiary/aromatic N) is 2. The van der Waals surface area contributed by atoms with Gasteiger partial charge >= 0.3 is 0 Å². The molecule has 0 spiro atoms. The van der Waals surface area contributed by atoms with E-state index in [0.29, 0.717) is 17.3 Å². The molecule has 4 aromatic rings.